The van der Waals surface area contributed by atoms with Gasteiger partial charge in [-0.05, 0) is 0 Å². The van der Waals surface area contributed by atoms with Crippen LogP contribution in [0, 0.1) is 37.3 Å². The van der Waals surface area contributed by atoms with Crippen molar-refractivity contribution in [2.45, 2.75) is 0 Å². The summed E-state index contributed by atoms with van der Waals surface area (Å²) in [6.45, 7) is 0. The van der Waals surface area contributed by atoms with E-state index in [1.807, 2.05) is 0 Å². The molecule has 0 aliphatic heterocycles. The van der Waals surface area contributed by atoms with Crippen molar-refractivity contribution in [3.63, 3.8) is 0 Å². The van der Waals surface area contributed by atoms with Crippen LogP contribution in [0.5, 0.6) is 0 Å². The molecule has 0 unspecified atom stereocenters. The molecule has 5 heteroatoms. The number of hydrogen-bond acceptors (Lipinski definition) is 3. The zero-order valence-electron chi connectivity index (χ0n) is 2.21. The minimum absolute atomic E-state index is 0. The molecule has 0 bridgehead atoms. The summed E-state index contributed by atoms with van der Waals surface area (Å²) >= 11 is 0. The summed E-state index contributed by atoms with van der Waals surface area (Å²) < 4.78 is 0. The fraction of sp³-hybridized carbons (Fsp3) is 0. The first-order valence-corrected chi connectivity index (χ1v) is 0.775. The molecule has 0 saturated heterocycles. The van der Waals surface area contributed by atoms with Gasteiger partial charge in [0.05, 0.1) is 0 Å². The van der Waals surface area contributed by atoms with Crippen LogP contribution in [0.25, 0.3) is 0 Å². The fourth-order valence-corrected chi connectivity index (χ4v) is 0. The normalized spacial score (nSPS) is 5.40. The maximum Gasteiger partial charge on any atom is 0.631 e. The predicted octanol–water partition coefficient (Wildman–Crippen LogP) is -2.05. The van der Waals surface area contributed by atoms with Gasteiger partial charge in [-0.15, -0.1) is 0 Å². The van der Waals surface area contributed by atoms with E-state index >= 15 is 0 Å². The Hall–Kier alpha value is 1.19. The Morgan fingerprint density at radius 2 is 1.00 bits per heavy atom. The third-order valence-electron chi connectivity index (χ3n) is 0. The Balaban J connectivity index is 0. The Labute approximate surface area is 59.4 Å². The van der Waals surface area contributed by atoms with Crippen LogP contribution in [0.3, 0.4) is 0 Å². The Bertz CT molecular complexity index is 11.6. The van der Waals surface area contributed by atoms with Gasteiger partial charge >= 0.3 is 7.32 Å². The van der Waals surface area contributed by atoms with Crippen molar-refractivity contribution in [3.05, 3.63) is 0 Å². The molecule has 36 valence electrons. The van der Waals surface area contributed by atoms with Crippen LogP contribution in [-0.4, -0.2) is 22.4 Å². The van der Waals surface area contributed by atoms with E-state index in [1.54, 1.807) is 0 Å². The van der Waals surface area contributed by atoms with Crippen molar-refractivity contribution in [1.82, 2.24) is 0 Å². The fourth-order valence-electron chi connectivity index (χ4n) is 0. The molecule has 3 nitrogen and oxygen atoms in total. The molecule has 0 heterocycles. The largest absolute Gasteiger partial charge is 0.631 e. The summed E-state index contributed by atoms with van der Waals surface area (Å²) in [5.74, 6) is 0. The molecule has 3 N–H and O–H groups in total. The second-order valence-electron chi connectivity index (χ2n) is 0.346. The molecule has 0 aromatic carbocycles. The van der Waals surface area contributed by atoms with Crippen LogP contribution >= 0.6 is 0 Å². The van der Waals surface area contributed by atoms with Crippen molar-refractivity contribution in [2.75, 3.05) is 0 Å². The van der Waals surface area contributed by atoms with E-state index in [9.17, 15) is 0 Å². The van der Waals surface area contributed by atoms with E-state index in [2.05, 4.69) is 0 Å². The zero-order chi connectivity index (χ0) is 3.58. The summed E-state index contributed by atoms with van der Waals surface area (Å²) in [6, 6.07) is 0. The first kappa shape index (κ1) is 9.50. The van der Waals surface area contributed by atoms with Gasteiger partial charge < -0.3 is 15.1 Å². The van der Waals surface area contributed by atoms with Gasteiger partial charge in [-0.3, -0.25) is 0 Å². The average Bonchev–Trinajstić information content (AvgIpc) is 0.811. The molecule has 0 aliphatic rings. The summed E-state index contributed by atoms with van der Waals surface area (Å²) in [4.78, 5) is 0. The third-order valence-corrected chi connectivity index (χ3v) is 0. The monoisotopic (exact) mass is 228 g/mol. The smallest absolute Gasteiger partial charge is 0.402 e. The van der Waals surface area contributed by atoms with Gasteiger partial charge in [0.2, 0.25) is 0 Å². The summed E-state index contributed by atoms with van der Waals surface area (Å²) in [6.07, 6.45) is 0. The first-order chi connectivity index (χ1) is 1.73. The molecule has 0 rings (SSSR count). The van der Waals surface area contributed by atoms with Gasteiger partial charge in [0, 0.05) is 37.3 Å². The minimum atomic E-state index is -2.17. The molecule has 0 aromatic heterocycles. The molecular formula is H3BErO3. The second kappa shape index (κ2) is 5.19. The van der Waals surface area contributed by atoms with E-state index in [-0.39, 0.29) is 37.3 Å². The van der Waals surface area contributed by atoms with Crippen LogP contribution in [0.4, 0.5) is 0 Å². The Morgan fingerprint density at radius 1 is 1.00 bits per heavy atom. The summed E-state index contributed by atoms with van der Waals surface area (Å²) in [5.41, 5.74) is 0. The van der Waals surface area contributed by atoms with E-state index < -0.39 is 7.32 Å². The van der Waals surface area contributed by atoms with Crippen molar-refractivity contribution in [3.8, 4) is 0 Å². The molecule has 0 radical (unpaired) electrons. The third kappa shape index (κ3) is 37.2. The maximum atomic E-state index is 7.17. The second-order valence-corrected chi connectivity index (χ2v) is 0.346. The molecule has 0 amide bonds. The molecule has 0 fully saturated rings. The maximum absolute atomic E-state index is 7.17. The summed E-state index contributed by atoms with van der Waals surface area (Å²) in [5, 5.41) is 21.5. The molecule has 5 heavy (non-hydrogen) atoms. The quantitative estimate of drug-likeness (QED) is 0.419. The predicted molar refractivity (Wildman–Crippen MR) is 12.4 cm³/mol. The molecule has 0 aliphatic carbocycles. The molecule has 0 atom stereocenters. The minimum Gasteiger partial charge on any atom is -0.402 e. The first-order valence-electron chi connectivity index (χ1n) is 0.775. The van der Waals surface area contributed by atoms with Crippen LogP contribution < -0.4 is 0 Å². The SMILES string of the molecule is OB(O)O.[Er]. The van der Waals surface area contributed by atoms with Gasteiger partial charge in [-0.1, -0.05) is 0 Å². The van der Waals surface area contributed by atoms with E-state index in [4.69, 9.17) is 15.1 Å². The molecule has 0 spiro atoms. The Kier molecular flexibility index (Phi) is 9.86. The van der Waals surface area contributed by atoms with Crippen LogP contribution in [0.2, 0.25) is 0 Å². The van der Waals surface area contributed by atoms with Gasteiger partial charge in [-0.2, -0.15) is 0 Å². The van der Waals surface area contributed by atoms with Crippen molar-refractivity contribution < 1.29 is 52.4 Å². The van der Waals surface area contributed by atoms with E-state index in [1.165, 1.54) is 0 Å². The molecule has 0 saturated carbocycles. The van der Waals surface area contributed by atoms with E-state index in [0.29, 0.717) is 0 Å². The zero-order valence-corrected chi connectivity index (χ0v) is 4.06. The van der Waals surface area contributed by atoms with Crippen LogP contribution in [-0.2, 0) is 0 Å². The van der Waals surface area contributed by atoms with Crippen LogP contribution in [0.15, 0.2) is 0 Å². The van der Waals surface area contributed by atoms with Crippen molar-refractivity contribution in [2.24, 2.45) is 0 Å². The summed E-state index contributed by atoms with van der Waals surface area (Å²) in [7, 11) is -2.17. The van der Waals surface area contributed by atoms with Gasteiger partial charge in [-0.25, -0.2) is 0 Å². The van der Waals surface area contributed by atoms with Crippen molar-refractivity contribution in [1.29, 1.82) is 0 Å². The van der Waals surface area contributed by atoms with Gasteiger partial charge in [0.1, 0.15) is 0 Å². The number of rotatable bonds is 0. The molecular weight excluding hydrogens is 226 g/mol. The topological polar surface area (TPSA) is 60.7 Å². The van der Waals surface area contributed by atoms with E-state index in [0.717, 1.165) is 0 Å². The molecule has 0 aromatic rings. The van der Waals surface area contributed by atoms with Crippen molar-refractivity contribution >= 4 is 7.32 Å². The standard InChI is InChI=1S/BH3O3.Er/c2-1(3)4;/h2-4H;. The van der Waals surface area contributed by atoms with Crippen LogP contribution in [0.1, 0.15) is 0 Å². The van der Waals surface area contributed by atoms with Gasteiger partial charge in [0.25, 0.3) is 0 Å². The Morgan fingerprint density at radius 3 is 1.00 bits per heavy atom. The van der Waals surface area contributed by atoms with Gasteiger partial charge in [0.15, 0.2) is 0 Å². The average molecular weight is 229 g/mol. The number of hydrogen-bond donors (Lipinski definition) is 3.